The normalized spacial score (nSPS) is 33.4. The second-order valence-electron chi connectivity index (χ2n) is 7.15. The first-order valence-electron chi connectivity index (χ1n) is 8.57. The van der Waals surface area contributed by atoms with E-state index < -0.39 is 0 Å². The van der Waals surface area contributed by atoms with E-state index in [1.165, 1.54) is 42.9 Å². The zero-order valence-electron chi connectivity index (χ0n) is 12.9. The van der Waals surface area contributed by atoms with Crippen LogP contribution in [0.15, 0.2) is 0 Å². The molecule has 2 fully saturated rings. The van der Waals surface area contributed by atoms with Crippen LogP contribution in [0.4, 0.5) is 0 Å². The highest BCUT2D eigenvalue weighted by atomic mass is 15.1. The molecule has 4 rings (SSSR count). The van der Waals surface area contributed by atoms with Crippen LogP contribution in [0.2, 0.25) is 0 Å². The SMILES string of the molecule is CCc1nc2c(n1C(C)C1CC3CCC1C3)CCNC2. The van der Waals surface area contributed by atoms with E-state index in [0.717, 1.165) is 43.7 Å². The Morgan fingerprint density at radius 2 is 2.25 bits per heavy atom. The predicted molar refractivity (Wildman–Crippen MR) is 80.7 cm³/mol. The van der Waals surface area contributed by atoms with Crippen molar-refractivity contribution >= 4 is 0 Å². The van der Waals surface area contributed by atoms with E-state index in [-0.39, 0.29) is 0 Å². The van der Waals surface area contributed by atoms with Gasteiger partial charge in [0.25, 0.3) is 0 Å². The molecule has 1 N–H and O–H groups in total. The number of hydrogen-bond donors (Lipinski definition) is 1. The van der Waals surface area contributed by atoms with Crippen LogP contribution in [-0.2, 0) is 19.4 Å². The zero-order chi connectivity index (χ0) is 13.7. The number of aromatic nitrogens is 2. The van der Waals surface area contributed by atoms with Crippen LogP contribution in [0.25, 0.3) is 0 Å². The molecule has 3 aliphatic rings. The summed E-state index contributed by atoms with van der Waals surface area (Å²) in [6, 6.07) is 0.662. The van der Waals surface area contributed by atoms with E-state index in [2.05, 4.69) is 23.7 Å². The minimum absolute atomic E-state index is 0.662. The Morgan fingerprint density at radius 1 is 1.35 bits per heavy atom. The van der Waals surface area contributed by atoms with Gasteiger partial charge in [0.1, 0.15) is 5.82 Å². The Kier molecular flexibility index (Phi) is 3.13. The summed E-state index contributed by atoms with van der Waals surface area (Å²) in [5.74, 6) is 4.28. The van der Waals surface area contributed by atoms with Gasteiger partial charge in [-0.15, -0.1) is 0 Å². The third-order valence-corrected chi connectivity index (χ3v) is 6.13. The van der Waals surface area contributed by atoms with Crippen molar-refractivity contribution < 1.29 is 0 Å². The van der Waals surface area contributed by atoms with Gasteiger partial charge < -0.3 is 9.88 Å². The van der Waals surface area contributed by atoms with Gasteiger partial charge in [-0.05, 0) is 43.9 Å². The lowest BCUT2D eigenvalue weighted by molar-refractivity contribution is 0.236. The van der Waals surface area contributed by atoms with Crippen LogP contribution in [0.5, 0.6) is 0 Å². The van der Waals surface area contributed by atoms with Gasteiger partial charge in [0.05, 0.1) is 5.69 Å². The molecule has 110 valence electrons. The Labute approximate surface area is 122 Å². The minimum atomic E-state index is 0.662. The lowest BCUT2D eigenvalue weighted by atomic mass is 9.83. The van der Waals surface area contributed by atoms with Crippen molar-refractivity contribution in [1.29, 1.82) is 0 Å². The molecule has 2 heterocycles. The fourth-order valence-corrected chi connectivity index (χ4v) is 5.20. The van der Waals surface area contributed by atoms with Gasteiger partial charge in [-0.2, -0.15) is 0 Å². The second-order valence-corrected chi connectivity index (χ2v) is 7.15. The standard InChI is InChI=1S/C17H27N3/c1-3-17-19-15-10-18-7-6-16(15)20(17)11(2)14-9-12-4-5-13(14)8-12/h11-14,18H,3-10H2,1-2H3. The van der Waals surface area contributed by atoms with Gasteiger partial charge in [0.2, 0.25) is 0 Å². The molecule has 3 nitrogen and oxygen atoms in total. The number of rotatable bonds is 3. The summed E-state index contributed by atoms with van der Waals surface area (Å²) in [6.45, 7) is 6.81. The molecule has 2 saturated carbocycles. The average Bonchev–Trinajstić information content (AvgIpc) is 3.18. The number of aryl methyl sites for hydroxylation is 1. The average molecular weight is 273 g/mol. The third-order valence-electron chi connectivity index (χ3n) is 6.13. The summed E-state index contributed by atoms with van der Waals surface area (Å²) in [4.78, 5) is 4.92. The molecule has 1 aliphatic heterocycles. The van der Waals surface area contributed by atoms with Crippen LogP contribution >= 0.6 is 0 Å². The quantitative estimate of drug-likeness (QED) is 0.917. The van der Waals surface area contributed by atoms with Crippen LogP contribution in [0, 0.1) is 17.8 Å². The fraction of sp³-hybridized carbons (Fsp3) is 0.824. The van der Waals surface area contributed by atoms with Gasteiger partial charge in [-0.25, -0.2) is 4.98 Å². The van der Waals surface area contributed by atoms with Crippen molar-refractivity contribution in [2.75, 3.05) is 6.54 Å². The second kappa shape index (κ2) is 4.87. The predicted octanol–water partition coefficient (Wildman–Crippen LogP) is 3.09. The van der Waals surface area contributed by atoms with E-state index >= 15 is 0 Å². The lowest BCUT2D eigenvalue weighted by Gasteiger charge is -2.31. The monoisotopic (exact) mass is 273 g/mol. The highest BCUT2D eigenvalue weighted by molar-refractivity contribution is 5.22. The number of imidazole rings is 1. The maximum Gasteiger partial charge on any atom is 0.109 e. The fourth-order valence-electron chi connectivity index (χ4n) is 5.20. The molecule has 0 aromatic carbocycles. The highest BCUT2D eigenvalue weighted by Crippen LogP contribution is 2.52. The number of nitrogens with one attached hydrogen (secondary N) is 1. The summed E-state index contributed by atoms with van der Waals surface area (Å²) < 4.78 is 2.64. The summed E-state index contributed by atoms with van der Waals surface area (Å²) in [5, 5.41) is 3.47. The topological polar surface area (TPSA) is 29.9 Å². The summed E-state index contributed by atoms with van der Waals surface area (Å²) >= 11 is 0. The maximum atomic E-state index is 4.92. The molecule has 0 amide bonds. The van der Waals surface area contributed by atoms with E-state index in [4.69, 9.17) is 4.98 Å². The minimum Gasteiger partial charge on any atom is -0.329 e. The van der Waals surface area contributed by atoms with Crippen molar-refractivity contribution in [3.05, 3.63) is 17.2 Å². The molecule has 2 bridgehead atoms. The first-order chi connectivity index (χ1) is 9.78. The van der Waals surface area contributed by atoms with E-state index in [1.807, 2.05) is 0 Å². The highest BCUT2D eigenvalue weighted by Gasteiger charge is 2.43. The molecule has 0 radical (unpaired) electrons. The largest absolute Gasteiger partial charge is 0.329 e. The summed E-state index contributed by atoms with van der Waals surface area (Å²) in [7, 11) is 0. The molecule has 4 unspecified atom stereocenters. The molecule has 3 heteroatoms. The van der Waals surface area contributed by atoms with Crippen LogP contribution in [0.3, 0.4) is 0 Å². The smallest absolute Gasteiger partial charge is 0.109 e. The molecule has 0 saturated heterocycles. The van der Waals surface area contributed by atoms with E-state index in [1.54, 1.807) is 0 Å². The molecular formula is C17H27N3. The first-order valence-corrected chi connectivity index (χ1v) is 8.57. The van der Waals surface area contributed by atoms with E-state index in [9.17, 15) is 0 Å². The Hall–Kier alpha value is -0.830. The van der Waals surface area contributed by atoms with E-state index in [0.29, 0.717) is 6.04 Å². The summed E-state index contributed by atoms with van der Waals surface area (Å²) in [6.07, 6.45) is 8.20. The van der Waals surface area contributed by atoms with Crippen LogP contribution in [-0.4, -0.2) is 16.1 Å². The first kappa shape index (κ1) is 12.9. The third kappa shape index (κ3) is 1.86. The molecular weight excluding hydrogens is 246 g/mol. The maximum absolute atomic E-state index is 4.92. The van der Waals surface area contributed by atoms with Gasteiger partial charge in [-0.3, -0.25) is 0 Å². The summed E-state index contributed by atoms with van der Waals surface area (Å²) in [5.41, 5.74) is 2.86. The number of nitrogens with zero attached hydrogens (tertiary/aromatic N) is 2. The van der Waals surface area contributed by atoms with Gasteiger partial charge >= 0.3 is 0 Å². The van der Waals surface area contributed by atoms with Crippen molar-refractivity contribution in [2.45, 2.75) is 65.0 Å². The number of fused-ring (bicyclic) bond motifs is 3. The lowest BCUT2D eigenvalue weighted by Crippen LogP contribution is -2.28. The van der Waals surface area contributed by atoms with Gasteiger partial charge in [0.15, 0.2) is 0 Å². The molecule has 2 aliphatic carbocycles. The van der Waals surface area contributed by atoms with Crippen molar-refractivity contribution in [3.63, 3.8) is 0 Å². The van der Waals surface area contributed by atoms with Crippen molar-refractivity contribution in [3.8, 4) is 0 Å². The van der Waals surface area contributed by atoms with Gasteiger partial charge in [0, 0.05) is 37.7 Å². The van der Waals surface area contributed by atoms with Crippen molar-refractivity contribution in [1.82, 2.24) is 14.9 Å². The Morgan fingerprint density at radius 3 is 2.95 bits per heavy atom. The number of hydrogen-bond acceptors (Lipinski definition) is 2. The van der Waals surface area contributed by atoms with Crippen LogP contribution in [0.1, 0.15) is 62.8 Å². The molecule has 4 atom stereocenters. The Balaban J connectivity index is 1.68. The van der Waals surface area contributed by atoms with Crippen molar-refractivity contribution in [2.24, 2.45) is 17.8 Å². The molecule has 20 heavy (non-hydrogen) atoms. The van der Waals surface area contributed by atoms with Crippen LogP contribution < -0.4 is 5.32 Å². The molecule has 1 aromatic heterocycles. The molecule has 0 spiro atoms. The van der Waals surface area contributed by atoms with Gasteiger partial charge in [-0.1, -0.05) is 13.3 Å². The zero-order valence-corrected chi connectivity index (χ0v) is 12.9. The molecule has 1 aromatic rings. The Bertz CT molecular complexity index is 505.